The van der Waals surface area contributed by atoms with E-state index in [-0.39, 0.29) is 0 Å². The Labute approximate surface area is 135 Å². The highest BCUT2D eigenvalue weighted by Crippen LogP contribution is 2.36. The first-order chi connectivity index (χ1) is 8.81. The van der Waals surface area contributed by atoms with E-state index in [9.17, 15) is 0 Å². The molecule has 1 aromatic carbocycles. The van der Waals surface area contributed by atoms with Gasteiger partial charge in [0.2, 0.25) is 0 Å². The summed E-state index contributed by atoms with van der Waals surface area (Å²) >= 11 is 15.8. The number of hydrogen-bond donors (Lipinski definition) is 1. The average Bonchev–Trinajstić information content (AvgIpc) is 2.28. The SMILES string of the molecule is CC(C)CC(CC(C)C)Nc1ccc(Br)c(Cl)c1Cl. The van der Waals surface area contributed by atoms with Crippen LogP contribution in [0.15, 0.2) is 16.6 Å². The molecule has 0 unspecified atom stereocenters. The molecule has 0 radical (unpaired) electrons. The number of halogens is 3. The van der Waals surface area contributed by atoms with Crippen LogP contribution in [0.25, 0.3) is 0 Å². The van der Waals surface area contributed by atoms with Gasteiger partial charge in [0, 0.05) is 10.5 Å². The van der Waals surface area contributed by atoms with Gasteiger partial charge in [-0.2, -0.15) is 0 Å². The van der Waals surface area contributed by atoms with Crippen LogP contribution in [-0.4, -0.2) is 6.04 Å². The summed E-state index contributed by atoms with van der Waals surface area (Å²) in [5, 5.41) is 4.70. The third-order valence-corrected chi connectivity index (χ3v) is 4.68. The normalized spacial score (nSPS) is 11.7. The smallest absolute Gasteiger partial charge is 0.0835 e. The van der Waals surface area contributed by atoms with Crippen molar-refractivity contribution in [3.8, 4) is 0 Å². The number of rotatable bonds is 6. The summed E-state index contributed by atoms with van der Waals surface area (Å²) in [6.45, 7) is 8.96. The van der Waals surface area contributed by atoms with Crippen LogP contribution >= 0.6 is 39.1 Å². The fourth-order valence-corrected chi connectivity index (χ4v) is 3.04. The molecule has 19 heavy (non-hydrogen) atoms. The Morgan fingerprint density at radius 3 is 2.00 bits per heavy atom. The van der Waals surface area contributed by atoms with E-state index in [1.807, 2.05) is 12.1 Å². The predicted octanol–water partition coefficient (Wildman–Crippen LogP) is 6.63. The van der Waals surface area contributed by atoms with Crippen molar-refractivity contribution in [1.82, 2.24) is 0 Å². The van der Waals surface area contributed by atoms with Crippen LogP contribution in [0.1, 0.15) is 40.5 Å². The molecule has 0 saturated carbocycles. The summed E-state index contributed by atoms with van der Waals surface area (Å²) in [5.41, 5.74) is 0.918. The van der Waals surface area contributed by atoms with Crippen molar-refractivity contribution in [2.45, 2.75) is 46.6 Å². The average molecular weight is 367 g/mol. The van der Waals surface area contributed by atoms with Gasteiger partial charge < -0.3 is 5.32 Å². The zero-order valence-corrected chi connectivity index (χ0v) is 15.0. The summed E-state index contributed by atoms with van der Waals surface area (Å²) < 4.78 is 0.828. The Balaban J connectivity index is 2.86. The van der Waals surface area contributed by atoms with Gasteiger partial charge in [0.15, 0.2) is 0 Å². The van der Waals surface area contributed by atoms with Crippen molar-refractivity contribution in [3.05, 3.63) is 26.7 Å². The van der Waals surface area contributed by atoms with E-state index in [2.05, 4.69) is 48.9 Å². The molecule has 0 atom stereocenters. The molecule has 1 N–H and O–H groups in total. The van der Waals surface area contributed by atoms with E-state index in [1.165, 1.54) is 0 Å². The van der Waals surface area contributed by atoms with Crippen molar-refractivity contribution in [1.29, 1.82) is 0 Å². The van der Waals surface area contributed by atoms with Crippen LogP contribution in [0, 0.1) is 11.8 Å². The number of hydrogen-bond acceptors (Lipinski definition) is 1. The Hall–Kier alpha value is 0.0800. The molecule has 0 amide bonds. The van der Waals surface area contributed by atoms with Crippen molar-refractivity contribution in [3.63, 3.8) is 0 Å². The molecule has 0 fully saturated rings. The number of anilines is 1. The lowest BCUT2D eigenvalue weighted by molar-refractivity contribution is 0.442. The molecule has 108 valence electrons. The minimum absolute atomic E-state index is 0.426. The van der Waals surface area contributed by atoms with Gasteiger partial charge in [-0.25, -0.2) is 0 Å². The quantitative estimate of drug-likeness (QED) is 0.557. The molecule has 0 aliphatic heterocycles. The van der Waals surface area contributed by atoms with E-state index in [0.29, 0.717) is 27.9 Å². The zero-order chi connectivity index (χ0) is 14.6. The largest absolute Gasteiger partial charge is 0.381 e. The van der Waals surface area contributed by atoms with Crippen LogP contribution in [0.3, 0.4) is 0 Å². The lowest BCUT2D eigenvalue weighted by Gasteiger charge is -2.24. The summed E-state index contributed by atoms with van der Waals surface area (Å²) in [6, 6.07) is 4.33. The molecule has 0 aromatic heterocycles. The molecular weight excluding hydrogens is 345 g/mol. The van der Waals surface area contributed by atoms with Crippen LogP contribution in [0.4, 0.5) is 5.69 Å². The van der Waals surface area contributed by atoms with Crippen LogP contribution in [-0.2, 0) is 0 Å². The van der Waals surface area contributed by atoms with Gasteiger partial charge in [0.25, 0.3) is 0 Å². The van der Waals surface area contributed by atoms with Gasteiger partial charge >= 0.3 is 0 Å². The summed E-state index contributed by atoms with van der Waals surface area (Å²) in [7, 11) is 0. The van der Waals surface area contributed by atoms with Crippen molar-refractivity contribution in [2.75, 3.05) is 5.32 Å². The van der Waals surface area contributed by atoms with Crippen LogP contribution in [0.5, 0.6) is 0 Å². The lowest BCUT2D eigenvalue weighted by atomic mass is 9.95. The second kappa shape index (κ2) is 7.75. The maximum absolute atomic E-state index is 6.29. The van der Waals surface area contributed by atoms with Gasteiger partial charge in [-0.15, -0.1) is 0 Å². The first-order valence-corrected chi connectivity index (χ1v) is 8.26. The second-order valence-electron chi connectivity index (χ2n) is 5.82. The van der Waals surface area contributed by atoms with Gasteiger partial charge in [0.1, 0.15) is 0 Å². The summed E-state index contributed by atoms with van der Waals surface area (Å²) in [4.78, 5) is 0. The molecule has 0 saturated heterocycles. The molecule has 0 spiro atoms. The molecular formula is C15H22BrCl2N. The van der Waals surface area contributed by atoms with E-state index in [4.69, 9.17) is 23.2 Å². The van der Waals surface area contributed by atoms with Crippen LogP contribution < -0.4 is 5.32 Å². The van der Waals surface area contributed by atoms with Crippen molar-refractivity contribution < 1.29 is 0 Å². The first kappa shape index (κ1) is 17.1. The molecule has 1 aromatic rings. The van der Waals surface area contributed by atoms with E-state index < -0.39 is 0 Å². The Kier molecular flexibility index (Phi) is 6.99. The third kappa shape index (κ3) is 5.53. The minimum atomic E-state index is 0.426. The van der Waals surface area contributed by atoms with Crippen molar-refractivity contribution >= 4 is 44.8 Å². The first-order valence-electron chi connectivity index (χ1n) is 6.71. The summed E-state index contributed by atoms with van der Waals surface area (Å²) in [5.74, 6) is 1.31. The number of benzene rings is 1. The highest BCUT2D eigenvalue weighted by molar-refractivity contribution is 9.10. The monoisotopic (exact) mass is 365 g/mol. The maximum Gasteiger partial charge on any atom is 0.0835 e. The molecule has 4 heteroatoms. The zero-order valence-electron chi connectivity index (χ0n) is 11.9. The summed E-state index contributed by atoms with van der Waals surface area (Å²) in [6.07, 6.45) is 2.25. The molecule has 0 aliphatic carbocycles. The maximum atomic E-state index is 6.29. The highest BCUT2D eigenvalue weighted by Gasteiger charge is 2.16. The highest BCUT2D eigenvalue weighted by atomic mass is 79.9. The van der Waals surface area contributed by atoms with Gasteiger partial charge in [-0.05, 0) is 52.7 Å². The molecule has 1 nitrogen and oxygen atoms in total. The minimum Gasteiger partial charge on any atom is -0.381 e. The van der Waals surface area contributed by atoms with E-state index >= 15 is 0 Å². The molecule has 0 heterocycles. The Morgan fingerprint density at radius 2 is 1.53 bits per heavy atom. The van der Waals surface area contributed by atoms with Crippen LogP contribution in [0.2, 0.25) is 10.0 Å². The fraction of sp³-hybridized carbons (Fsp3) is 0.600. The Morgan fingerprint density at radius 1 is 1.00 bits per heavy atom. The van der Waals surface area contributed by atoms with E-state index in [1.54, 1.807) is 0 Å². The molecule has 0 aliphatic rings. The van der Waals surface area contributed by atoms with Crippen molar-refractivity contribution in [2.24, 2.45) is 11.8 Å². The Bertz CT molecular complexity index is 409. The standard InChI is InChI=1S/C15H22BrCl2N/c1-9(2)7-11(8-10(3)4)19-13-6-5-12(16)14(17)15(13)18/h5-6,9-11,19H,7-8H2,1-4H3. The van der Waals surface area contributed by atoms with E-state index in [0.717, 1.165) is 23.0 Å². The topological polar surface area (TPSA) is 12.0 Å². The predicted molar refractivity (Wildman–Crippen MR) is 90.5 cm³/mol. The third-order valence-electron chi connectivity index (χ3n) is 2.91. The second-order valence-corrected chi connectivity index (χ2v) is 7.43. The van der Waals surface area contributed by atoms with Gasteiger partial charge in [0.05, 0.1) is 15.7 Å². The molecule has 1 rings (SSSR count). The fourth-order valence-electron chi connectivity index (χ4n) is 2.21. The number of nitrogens with one attached hydrogen (secondary N) is 1. The lowest BCUT2D eigenvalue weighted by Crippen LogP contribution is -2.23. The molecule has 0 bridgehead atoms. The van der Waals surface area contributed by atoms with Gasteiger partial charge in [-0.1, -0.05) is 50.9 Å². The van der Waals surface area contributed by atoms with Gasteiger partial charge in [-0.3, -0.25) is 0 Å².